The van der Waals surface area contributed by atoms with Gasteiger partial charge in [0, 0.05) is 19.6 Å². The second-order valence-corrected chi connectivity index (χ2v) is 4.20. The first-order valence-electron chi connectivity index (χ1n) is 6.61. The van der Waals surface area contributed by atoms with Gasteiger partial charge < -0.3 is 4.90 Å². The largest absolute Gasteiger partial charge is 0.338 e. The Labute approximate surface area is 110 Å². The molecule has 0 saturated heterocycles. The van der Waals surface area contributed by atoms with Gasteiger partial charge in [-0.05, 0) is 18.9 Å². The maximum atomic E-state index is 5.56. The highest BCUT2D eigenvalue weighted by Crippen LogP contribution is 2.04. The molecule has 0 aliphatic carbocycles. The number of rotatable bonds is 6. The summed E-state index contributed by atoms with van der Waals surface area (Å²) >= 11 is 0. The number of nitrogens with two attached hydrogens (primary N) is 1. The number of hydrazine groups is 1. The summed E-state index contributed by atoms with van der Waals surface area (Å²) in [5.74, 6) is 6.34. The molecule has 0 heterocycles. The van der Waals surface area contributed by atoms with E-state index in [2.05, 4.69) is 41.3 Å². The van der Waals surface area contributed by atoms with Gasteiger partial charge in [-0.3, -0.25) is 10.4 Å². The van der Waals surface area contributed by atoms with Crippen LogP contribution in [0.2, 0.25) is 0 Å². The predicted molar refractivity (Wildman–Crippen MR) is 77.1 cm³/mol. The van der Waals surface area contributed by atoms with Crippen molar-refractivity contribution in [2.24, 2.45) is 10.8 Å². The van der Waals surface area contributed by atoms with Gasteiger partial charge in [-0.2, -0.15) is 0 Å². The third-order valence-corrected chi connectivity index (χ3v) is 2.80. The molecule has 3 N–H and O–H groups in total. The van der Waals surface area contributed by atoms with Crippen molar-refractivity contribution in [2.45, 2.75) is 33.2 Å². The zero-order chi connectivity index (χ0) is 13.2. The number of guanidine groups is 1. The quantitative estimate of drug-likeness (QED) is 0.266. The number of nitrogens with zero attached hydrogens (tertiary/aromatic N) is 2. The normalized spacial score (nSPS) is 11.4. The fourth-order valence-corrected chi connectivity index (χ4v) is 1.72. The van der Waals surface area contributed by atoms with E-state index in [1.807, 2.05) is 18.2 Å². The van der Waals surface area contributed by atoms with E-state index >= 15 is 0 Å². The molecule has 0 radical (unpaired) electrons. The van der Waals surface area contributed by atoms with Crippen LogP contribution >= 0.6 is 0 Å². The van der Waals surface area contributed by atoms with E-state index in [0.29, 0.717) is 0 Å². The van der Waals surface area contributed by atoms with Crippen molar-refractivity contribution < 1.29 is 0 Å². The van der Waals surface area contributed by atoms with Crippen LogP contribution in [-0.4, -0.2) is 23.9 Å². The molecule has 1 aromatic rings. The van der Waals surface area contributed by atoms with Crippen molar-refractivity contribution in [2.75, 3.05) is 13.1 Å². The van der Waals surface area contributed by atoms with Crippen molar-refractivity contribution in [1.29, 1.82) is 0 Å². The average molecular weight is 248 g/mol. The Balaban J connectivity index is 2.65. The summed E-state index contributed by atoms with van der Waals surface area (Å²) in [5, 5.41) is 0. The van der Waals surface area contributed by atoms with E-state index in [4.69, 9.17) is 5.84 Å². The summed E-state index contributed by atoms with van der Waals surface area (Å²) < 4.78 is 0. The molecule has 18 heavy (non-hydrogen) atoms. The summed E-state index contributed by atoms with van der Waals surface area (Å²) in [6.45, 7) is 6.79. The highest BCUT2D eigenvalue weighted by atomic mass is 15.4. The van der Waals surface area contributed by atoms with Crippen molar-refractivity contribution in [3.05, 3.63) is 35.9 Å². The molecule has 0 bridgehead atoms. The zero-order valence-electron chi connectivity index (χ0n) is 11.4. The van der Waals surface area contributed by atoms with Crippen molar-refractivity contribution in [3.8, 4) is 0 Å². The minimum absolute atomic E-state index is 0.773. The van der Waals surface area contributed by atoms with Gasteiger partial charge in [0.2, 0.25) is 5.96 Å². The first-order chi connectivity index (χ1) is 8.81. The molecule has 100 valence electrons. The second-order valence-electron chi connectivity index (χ2n) is 4.20. The fraction of sp³-hybridized carbons (Fsp3) is 0.500. The molecule has 0 atom stereocenters. The van der Waals surface area contributed by atoms with Crippen LogP contribution in [-0.2, 0) is 6.54 Å². The van der Waals surface area contributed by atoms with E-state index in [1.54, 1.807) is 0 Å². The lowest BCUT2D eigenvalue weighted by molar-refractivity contribution is 0.416. The van der Waals surface area contributed by atoms with Crippen LogP contribution in [0.5, 0.6) is 0 Å². The van der Waals surface area contributed by atoms with Crippen LogP contribution in [0.1, 0.15) is 32.3 Å². The van der Waals surface area contributed by atoms with E-state index in [9.17, 15) is 0 Å². The van der Waals surface area contributed by atoms with Gasteiger partial charge in [-0.15, -0.1) is 0 Å². The van der Waals surface area contributed by atoms with Crippen LogP contribution in [0.4, 0.5) is 0 Å². The Morgan fingerprint density at radius 2 is 2.00 bits per heavy atom. The van der Waals surface area contributed by atoms with Crippen LogP contribution in [0.3, 0.4) is 0 Å². The van der Waals surface area contributed by atoms with Gasteiger partial charge in [0.25, 0.3) is 0 Å². The molecule has 0 spiro atoms. The maximum Gasteiger partial charge on any atom is 0.208 e. The van der Waals surface area contributed by atoms with Gasteiger partial charge in [-0.25, -0.2) is 5.84 Å². The number of aliphatic imine (C=N–C) groups is 1. The second kappa shape index (κ2) is 8.53. The molecule has 0 unspecified atom stereocenters. The summed E-state index contributed by atoms with van der Waals surface area (Å²) in [6.07, 6.45) is 2.24. The summed E-state index contributed by atoms with van der Waals surface area (Å²) in [4.78, 5) is 6.65. The van der Waals surface area contributed by atoms with Gasteiger partial charge in [0.1, 0.15) is 0 Å². The van der Waals surface area contributed by atoms with Gasteiger partial charge in [-0.1, -0.05) is 43.7 Å². The van der Waals surface area contributed by atoms with E-state index in [1.165, 1.54) is 5.56 Å². The third-order valence-electron chi connectivity index (χ3n) is 2.80. The van der Waals surface area contributed by atoms with Gasteiger partial charge in [0.05, 0.1) is 0 Å². The van der Waals surface area contributed by atoms with E-state index in [0.717, 1.165) is 38.4 Å². The maximum absolute atomic E-state index is 5.56. The minimum Gasteiger partial charge on any atom is -0.338 e. The zero-order valence-corrected chi connectivity index (χ0v) is 11.4. The van der Waals surface area contributed by atoms with Crippen LogP contribution < -0.4 is 11.3 Å². The van der Waals surface area contributed by atoms with Crippen molar-refractivity contribution in [1.82, 2.24) is 10.3 Å². The smallest absolute Gasteiger partial charge is 0.208 e. The summed E-state index contributed by atoms with van der Waals surface area (Å²) in [5.41, 5.74) is 3.97. The third kappa shape index (κ3) is 4.75. The average Bonchev–Trinajstić information content (AvgIpc) is 2.43. The Morgan fingerprint density at radius 1 is 1.28 bits per heavy atom. The van der Waals surface area contributed by atoms with Crippen LogP contribution in [0.25, 0.3) is 0 Å². The molecule has 0 amide bonds. The highest BCUT2D eigenvalue weighted by Gasteiger charge is 2.08. The number of nitrogens with one attached hydrogen (secondary N) is 1. The standard InChI is InChI=1S/C14H24N4/c1-3-5-11-16-14(17-15)18(4-2)12-13-9-7-6-8-10-13/h6-10H,3-5,11-12,15H2,1-2H3,(H,16,17). The monoisotopic (exact) mass is 248 g/mol. The van der Waals surface area contributed by atoms with E-state index in [-0.39, 0.29) is 0 Å². The van der Waals surface area contributed by atoms with Crippen LogP contribution in [0, 0.1) is 0 Å². The van der Waals surface area contributed by atoms with Crippen molar-refractivity contribution >= 4 is 5.96 Å². The number of unbranched alkanes of at least 4 members (excludes halogenated alkanes) is 1. The molecule has 0 aromatic heterocycles. The SMILES string of the molecule is CCCCN=C(NN)N(CC)Cc1ccccc1. The number of hydrogen-bond acceptors (Lipinski definition) is 2. The molecular weight excluding hydrogens is 224 g/mol. The van der Waals surface area contributed by atoms with Crippen molar-refractivity contribution in [3.63, 3.8) is 0 Å². The lowest BCUT2D eigenvalue weighted by Crippen LogP contribution is -2.44. The summed E-state index contributed by atoms with van der Waals surface area (Å²) in [7, 11) is 0. The molecule has 1 aromatic carbocycles. The topological polar surface area (TPSA) is 53.6 Å². The number of benzene rings is 1. The predicted octanol–water partition coefficient (Wildman–Crippen LogP) is 2.13. The molecule has 0 aliphatic heterocycles. The van der Waals surface area contributed by atoms with Gasteiger partial charge in [0.15, 0.2) is 0 Å². The molecular formula is C14H24N4. The Kier molecular flexibility index (Phi) is 6.87. The summed E-state index contributed by atoms with van der Waals surface area (Å²) in [6, 6.07) is 10.3. The fourth-order valence-electron chi connectivity index (χ4n) is 1.72. The lowest BCUT2D eigenvalue weighted by atomic mass is 10.2. The number of hydrogen-bond donors (Lipinski definition) is 2. The highest BCUT2D eigenvalue weighted by molar-refractivity contribution is 5.79. The molecule has 0 aliphatic rings. The Bertz CT molecular complexity index is 348. The van der Waals surface area contributed by atoms with E-state index < -0.39 is 0 Å². The minimum atomic E-state index is 0.773. The molecule has 0 fully saturated rings. The Hall–Kier alpha value is -1.55. The molecule has 1 rings (SSSR count). The first-order valence-corrected chi connectivity index (χ1v) is 6.61. The molecule has 4 heteroatoms. The molecule has 4 nitrogen and oxygen atoms in total. The van der Waals surface area contributed by atoms with Gasteiger partial charge >= 0.3 is 0 Å². The molecule has 0 saturated carbocycles. The van der Waals surface area contributed by atoms with Crippen LogP contribution in [0.15, 0.2) is 35.3 Å². The lowest BCUT2D eigenvalue weighted by Gasteiger charge is -2.24. The Morgan fingerprint density at radius 3 is 2.56 bits per heavy atom. The first kappa shape index (κ1) is 14.5.